The molecule has 2 aliphatic rings. The van der Waals surface area contributed by atoms with E-state index in [4.69, 9.17) is 0 Å². The summed E-state index contributed by atoms with van der Waals surface area (Å²) in [5.41, 5.74) is 1.17. The van der Waals surface area contributed by atoms with Gasteiger partial charge < -0.3 is 4.90 Å². The molecule has 4 rings (SSSR count). The Hall–Kier alpha value is -1.10. The Morgan fingerprint density at radius 1 is 1.07 bits per heavy atom. The molecule has 2 atom stereocenters. The molecule has 1 amide bonds. The van der Waals surface area contributed by atoms with Gasteiger partial charge in [-0.3, -0.25) is 9.69 Å². The molecule has 0 N–H and O–H groups in total. The van der Waals surface area contributed by atoms with Gasteiger partial charge in [-0.15, -0.1) is 23.7 Å². The SMILES string of the molecule is CN(C(=O)Cc1cccc2sccc12)[C@@H]1CCCC[C@H]1N1CCCCCC1.Cl. The Bertz CT molecular complexity index is 769. The van der Waals surface area contributed by atoms with Gasteiger partial charge in [-0.2, -0.15) is 0 Å². The van der Waals surface area contributed by atoms with Crippen LogP contribution in [0.3, 0.4) is 0 Å². The lowest BCUT2D eigenvalue weighted by Gasteiger charge is -2.43. The first-order chi connectivity index (χ1) is 13.2. The summed E-state index contributed by atoms with van der Waals surface area (Å²) in [5, 5.41) is 3.37. The molecule has 5 heteroatoms. The topological polar surface area (TPSA) is 23.6 Å². The largest absolute Gasteiger partial charge is 0.341 e. The van der Waals surface area contributed by atoms with Crippen LogP contribution < -0.4 is 0 Å². The Balaban J connectivity index is 0.00000225. The zero-order valence-electron chi connectivity index (χ0n) is 16.9. The van der Waals surface area contributed by atoms with Gasteiger partial charge in [-0.1, -0.05) is 37.8 Å². The third kappa shape index (κ3) is 4.72. The molecular formula is C23H33ClN2OS. The number of benzene rings is 1. The second kappa shape index (κ2) is 10.1. The number of hydrogen-bond donors (Lipinski definition) is 0. The van der Waals surface area contributed by atoms with Gasteiger partial charge in [0.15, 0.2) is 0 Å². The summed E-state index contributed by atoms with van der Waals surface area (Å²) in [6.45, 7) is 2.44. The summed E-state index contributed by atoms with van der Waals surface area (Å²) in [6.07, 6.45) is 10.9. The van der Waals surface area contributed by atoms with Gasteiger partial charge in [0.1, 0.15) is 0 Å². The van der Waals surface area contributed by atoms with E-state index in [1.165, 1.54) is 73.7 Å². The summed E-state index contributed by atoms with van der Waals surface area (Å²) in [5.74, 6) is 0.278. The van der Waals surface area contributed by atoms with E-state index in [1.807, 2.05) is 0 Å². The van der Waals surface area contributed by atoms with Gasteiger partial charge in [0.05, 0.1) is 6.42 Å². The van der Waals surface area contributed by atoms with Crippen LogP contribution in [0.25, 0.3) is 10.1 Å². The number of likely N-dealkylation sites (N-methyl/N-ethyl adjacent to an activating group) is 1. The highest BCUT2D eigenvalue weighted by atomic mass is 35.5. The summed E-state index contributed by atoms with van der Waals surface area (Å²) < 4.78 is 1.28. The molecular weight excluding hydrogens is 388 g/mol. The molecule has 1 aliphatic heterocycles. The van der Waals surface area contributed by atoms with Crippen LogP contribution in [0, 0.1) is 0 Å². The van der Waals surface area contributed by atoms with Crippen molar-refractivity contribution in [2.45, 2.75) is 69.9 Å². The summed E-state index contributed by atoms with van der Waals surface area (Å²) in [7, 11) is 2.05. The van der Waals surface area contributed by atoms with E-state index in [1.54, 1.807) is 11.3 Å². The van der Waals surface area contributed by atoms with Gasteiger partial charge in [-0.25, -0.2) is 0 Å². The Morgan fingerprint density at radius 2 is 1.82 bits per heavy atom. The van der Waals surface area contributed by atoms with Gasteiger partial charge in [0.25, 0.3) is 0 Å². The van der Waals surface area contributed by atoms with Crippen molar-refractivity contribution in [1.29, 1.82) is 0 Å². The number of thiophene rings is 1. The molecule has 1 aliphatic carbocycles. The number of amides is 1. The molecule has 0 radical (unpaired) electrons. The van der Waals surface area contributed by atoms with Crippen molar-refractivity contribution in [3.8, 4) is 0 Å². The number of rotatable bonds is 4. The molecule has 1 aromatic carbocycles. The molecule has 0 bridgehead atoms. The number of carbonyl (C=O) groups excluding carboxylic acids is 1. The summed E-state index contributed by atoms with van der Waals surface area (Å²) in [6, 6.07) is 9.45. The van der Waals surface area contributed by atoms with Crippen LogP contribution in [0.4, 0.5) is 0 Å². The van der Waals surface area contributed by atoms with Crippen LogP contribution in [-0.4, -0.2) is 47.9 Å². The molecule has 2 fully saturated rings. The number of nitrogens with zero attached hydrogens (tertiary/aromatic N) is 2. The average Bonchev–Trinajstić information content (AvgIpc) is 3.02. The van der Waals surface area contributed by atoms with Crippen molar-refractivity contribution in [2.75, 3.05) is 20.1 Å². The molecule has 154 valence electrons. The van der Waals surface area contributed by atoms with Crippen molar-refractivity contribution < 1.29 is 4.79 Å². The minimum absolute atomic E-state index is 0. The van der Waals surface area contributed by atoms with Crippen LogP contribution in [0.15, 0.2) is 29.6 Å². The molecule has 2 heterocycles. The third-order valence-corrected chi connectivity index (χ3v) is 7.50. The van der Waals surface area contributed by atoms with Gasteiger partial charge in [0, 0.05) is 23.8 Å². The van der Waals surface area contributed by atoms with Crippen LogP contribution >= 0.6 is 23.7 Å². The van der Waals surface area contributed by atoms with E-state index in [0.717, 1.165) is 6.42 Å². The number of fused-ring (bicyclic) bond motifs is 1. The Morgan fingerprint density at radius 3 is 2.61 bits per heavy atom. The summed E-state index contributed by atoms with van der Waals surface area (Å²) >= 11 is 1.75. The normalized spacial score (nSPS) is 23.8. The predicted octanol–water partition coefficient (Wildman–Crippen LogP) is 5.51. The number of likely N-dealkylation sites (tertiary alicyclic amines) is 1. The van der Waals surface area contributed by atoms with Crippen molar-refractivity contribution in [3.05, 3.63) is 35.2 Å². The van der Waals surface area contributed by atoms with E-state index in [2.05, 4.69) is 46.5 Å². The van der Waals surface area contributed by atoms with Crippen LogP contribution in [-0.2, 0) is 11.2 Å². The fraction of sp³-hybridized carbons (Fsp3) is 0.609. The molecule has 2 aromatic rings. The lowest BCUT2D eigenvalue weighted by Crippen LogP contribution is -2.54. The van der Waals surface area contributed by atoms with Gasteiger partial charge >= 0.3 is 0 Å². The highest BCUT2D eigenvalue weighted by Gasteiger charge is 2.34. The molecule has 0 unspecified atom stereocenters. The maximum absolute atomic E-state index is 13.2. The highest BCUT2D eigenvalue weighted by Crippen LogP contribution is 2.30. The monoisotopic (exact) mass is 420 g/mol. The second-order valence-corrected chi connectivity index (χ2v) is 9.25. The van der Waals surface area contributed by atoms with Crippen LogP contribution in [0.2, 0.25) is 0 Å². The molecule has 1 saturated carbocycles. The fourth-order valence-corrected chi connectivity index (χ4v) is 5.91. The second-order valence-electron chi connectivity index (χ2n) is 8.30. The van der Waals surface area contributed by atoms with Crippen LogP contribution in [0.5, 0.6) is 0 Å². The molecule has 28 heavy (non-hydrogen) atoms. The molecule has 0 spiro atoms. The van der Waals surface area contributed by atoms with Gasteiger partial charge in [-0.05, 0) is 67.2 Å². The Labute approximate surface area is 179 Å². The lowest BCUT2D eigenvalue weighted by molar-refractivity contribution is -0.133. The van der Waals surface area contributed by atoms with E-state index in [0.29, 0.717) is 18.5 Å². The number of halogens is 1. The van der Waals surface area contributed by atoms with E-state index in [9.17, 15) is 4.79 Å². The zero-order valence-corrected chi connectivity index (χ0v) is 18.6. The smallest absolute Gasteiger partial charge is 0.227 e. The maximum Gasteiger partial charge on any atom is 0.227 e. The fourth-order valence-electron chi connectivity index (χ4n) is 5.08. The average molecular weight is 421 g/mol. The van der Waals surface area contributed by atoms with E-state index < -0.39 is 0 Å². The van der Waals surface area contributed by atoms with Crippen molar-refractivity contribution in [1.82, 2.24) is 9.80 Å². The molecule has 3 nitrogen and oxygen atoms in total. The first-order valence-electron chi connectivity index (χ1n) is 10.7. The first-order valence-corrected chi connectivity index (χ1v) is 11.6. The zero-order chi connectivity index (χ0) is 18.6. The quantitative estimate of drug-likeness (QED) is 0.650. The van der Waals surface area contributed by atoms with E-state index >= 15 is 0 Å². The standard InChI is InChI=1S/C23H32N2OS.ClH/c1-24(23(26)17-18-9-8-12-22-19(18)13-16-27-22)20-10-4-5-11-21(20)25-14-6-2-3-7-15-25;/h8-9,12-13,16,20-21H,2-7,10-11,14-15,17H2,1H3;1H/t20-,21-;/m1./s1. The molecule has 1 saturated heterocycles. The minimum Gasteiger partial charge on any atom is -0.341 e. The number of hydrogen-bond acceptors (Lipinski definition) is 3. The van der Waals surface area contributed by atoms with Crippen LogP contribution in [0.1, 0.15) is 56.9 Å². The van der Waals surface area contributed by atoms with Crippen molar-refractivity contribution in [2.24, 2.45) is 0 Å². The third-order valence-electron chi connectivity index (χ3n) is 6.62. The maximum atomic E-state index is 13.2. The Kier molecular flexibility index (Phi) is 7.78. The first kappa shape index (κ1) is 21.6. The number of carbonyl (C=O) groups is 1. The van der Waals surface area contributed by atoms with E-state index in [-0.39, 0.29) is 18.3 Å². The minimum atomic E-state index is 0. The molecule has 1 aromatic heterocycles. The summed E-state index contributed by atoms with van der Waals surface area (Å²) in [4.78, 5) is 18.0. The van der Waals surface area contributed by atoms with Crippen molar-refractivity contribution >= 4 is 39.7 Å². The highest BCUT2D eigenvalue weighted by molar-refractivity contribution is 7.17. The predicted molar refractivity (Wildman–Crippen MR) is 122 cm³/mol. The van der Waals surface area contributed by atoms with Gasteiger partial charge in [0.2, 0.25) is 5.91 Å². The van der Waals surface area contributed by atoms with Crippen molar-refractivity contribution in [3.63, 3.8) is 0 Å². The lowest BCUT2D eigenvalue weighted by atomic mass is 9.87.